The van der Waals surface area contributed by atoms with Gasteiger partial charge in [-0.2, -0.15) is 0 Å². The predicted molar refractivity (Wildman–Crippen MR) is 157 cm³/mol. The van der Waals surface area contributed by atoms with Crippen LogP contribution in [0.4, 0.5) is 4.39 Å². The third kappa shape index (κ3) is 8.45. The van der Waals surface area contributed by atoms with Crippen molar-refractivity contribution in [2.24, 2.45) is 0 Å². The Kier molecular flexibility index (Phi) is 9.40. The van der Waals surface area contributed by atoms with Gasteiger partial charge in [0.05, 0.1) is 11.3 Å². The molecule has 1 N–H and O–H groups in total. The molecule has 1 unspecified atom stereocenters. The summed E-state index contributed by atoms with van der Waals surface area (Å²) in [4.78, 5) is 19.9. The number of carbonyl (C=O) groups excluding carboxylic acids is 1. The highest BCUT2D eigenvalue weighted by molar-refractivity contribution is 5.97. The highest BCUT2D eigenvalue weighted by atomic mass is 19.1. The highest BCUT2D eigenvalue weighted by Crippen LogP contribution is 2.21. The number of pyridine rings is 1. The van der Waals surface area contributed by atoms with Gasteiger partial charge in [0.1, 0.15) is 5.82 Å². The molecular weight excluding hydrogens is 485 g/mol. The van der Waals surface area contributed by atoms with Crippen LogP contribution in [0.5, 0.6) is 0 Å². The Morgan fingerprint density at radius 3 is 2.05 bits per heavy atom. The Labute approximate surface area is 231 Å². The first kappa shape index (κ1) is 27.9. The van der Waals surface area contributed by atoms with Crippen molar-refractivity contribution in [3.63, 3.8) is 0 Å². The van der Waals surface area contributed by atoms with E-state index in [2.05, 4.69) is 45.5 Å². The summed E-state index contributed by atoms with van der Waals surface area (Å²) in [6.45, 7) is 7.21. The molecule has 0 saturated heterocycles. The summed E-state index contributed by atoms with van der Waals surface area (Å²) < 4.78 is 14.8. The van der Waals surface area contributed by atoms with Crippen LogP contribution in [0.3, 0.4) is 0 Å². The highest BCUT2D eigenvalue weighted by Gasteiger charge is 2.21. The summed E-state index contributed by atoms with van der Waals surface area (Å²) in [5.41, 5.74) is 3.70. The summed E-state index contributed by atoms with van der Waals surface area (Å²) in [5.74, 6) is -0.398. The summed E-state index contributed by atoms with van der Waals surface area (Å²) in [6, 6.07) is 30.9. The second kappa shape index (κ2) is 13.1. The largest absolute Gasteiger partial charge is 0.347 e. The molecule has 3 aromatic carbocycles. The molecule has 200 valence electrons. The SMILES string of the molecule is CC(C)(C)NC(=O)c1cccnc1C=CC(Cc1ccccc1F)N(Cc1ccccc1)Cc1ccccc1. The topological polar surface area (TPSA) is 45.2 Å². The van der Waals surface area contributed by atoms with Crippen molar-refractivity contribution in [3.8, 4) is 0 Å². The van der Waals surface area contributed by atoms with Crippen LogP contribution in [-0.4, -0.2) is 27.4 Å². The fraction of sp³-hybridized carbons (Fsp3) is 0.235. The summed E-state index contributed by atoms with van der Waals surface area (Å²) >= 11 is 0. The van der Waals surface area contributed by atoms with Gasteiger partial charge in [0, 0.05) is 30.9 Å². The van der Waals surface area contributed by atoms with Crippen molar-refractivity contribution in [1.82, 2.24) is 15.2 Å². The molecule has 0 saturated carbocycles. The third-order valence-electron chi connectivity index (χ3n) is 6.36. The number of amides is 1. The zero-order chi connectivity index (χ0) is 27.7. The summed E-state index contributed by atoms with van der Waals surface area (Å²) in [6.07, 6.45) is 6.10. The molecular formula is C34H36FN3O. The Hall–Kier alpha value is -4.09. The number of benzene rings is 3. The van der Waals surface area contributed by atoms with E-state index in [4.69, 9.17) is 0 Å². The van der Waals surface area contributed by atoms with Gasteiger partial charge in [-0.25, -0.2) is 4.39 Å². The molecule has 4 aromatic rings. The van der Waals surface area contributed by atoms with Crippen LogP contribution in [0.15, 0.2) is 109 Å². The maximum Gasteiger partial charge on any atom is 0.253 e. The van der Waals surface area contributed by atoms with Crippen LogP contribution in [0.1, 0.15) is 53.5 Å². The monoisotopic (exact) mass is 521 g/mol. The molecule has 0 aliphatic heterocycles. The second-order valence-electron chi connectivity index (χ2n) is 10.7. The molecule has 0 bridgehead atoms. The Morgan fingerprint density at radius 1 is 0.872 bits per heavy atom. The van der Waals surface area contributed by atoms with Crippen LogP contribution >= 0.6 is 0 Å². The van der Waals surface area contributed by atoms with E-state index in [0.717, 1.165) is 0 Å². The average Bonchev–Trinajstić information content (AvgIpc) is 2.92. The fourth-order valence-corrected chi connectivity index (χ4v) is 4.49. The van der Waals surface area contributed by atoms with E-state index < -0.39 is 0 Å². The standard InChI is InChI=1S/C34H36FN3O/c1-34(2,3)37-33(39)30-18-12-22-36-32(30)21-20-29(23-28-17-10-11-19-31(28)35)38(24-26-13-6-4-7-14-26)25-27-15-8-5-9-16-27/h4-22,29H,23-25H2,1-3H3,(H,37,39). The van der Waals surface area contributed by atoms with Gasteiger partial charge < -0.3 is 5.32 Å². The van der Waals surface area contributed by atoms with Gasteiger partial charge in [-0.1, -0.05) is 84.9 Å². The number of rotatable bonds is 10. The molecule has 0 aliphatic rings. The van der Waals surface area contributed by atoms with Crippen molar-refractivity contribution in [1.29, 1.82) is 0 Å². The van der Waals surface area contributed by atoms with Crippen LogP contribution in [0, 0.1) is 5.82 Å². The minimum Gasteiger partial charge on any atom is -0.347 e. The number of aromatic nitrogens is 1. The van der Waals surface area contributed by atoms with Gasteiger partial charge in [0.15, 0.2) is 0 Å². The molecule has 5 heteroatoms. The van der Waals surface area contributed by atoms with Gasteiger partial charge in [-0.05, 0) is 68.2 Å². The molecule has 0 fully saturated rings. The van der Waals surface area contributed by atoms with Crippen LogP contribution in [-0.2, 0) is 19.5 Å². The lowest BCUT2D eigenvalue weighted by Crippen LogP contribution is -2.40. The second-order valence-corrected chi connectivity index (χ2v) is 10.7. The molecule has 1 atom stereocenters. The zero-order valence-corrected chi connectivity index (χ0v) is 22.8. The van der Waals surface area contributed by atoms with Crippen molar-refractivity contribution in [2.45, 2.75) is 51.9 Å². The quantitative estimate of drug-likeness (QED) is 0.243. The van der Waals surface area contributed by atoms with E-state index >= 15 is 0 Å². The first-order valence-electron chi connectivity index (χ1n) is 13.3. The number of nitrogens with zero attached hydrogens (tertiary/aromatic N) is 2. The number of hydrogen-bond donors (Lipinski definition) is 1. The van der Waals surface area contributed by atoms with Gasteiger partial charge in [-0.15, -0.1) is 0 Å². The smallest absolute Gasteiger partial charge is 0.253 e. The lowest BCUT2D eigenvalue weighted by molar-refractivity contribution is 0.0919. The molecule has 0 aliphatic carbocycles. The Bertz CT molecular complexity index is 1340. The molecule has 4 rings (SSSR count). The first-order chi connectivity index (χ1) is 18.8. The molecule has 1 heterocycles. The predicted octanol–water partition coefficient (Wildman–Crippen LogP) is 7.08. The minimum absolute atomic E-state index is 0.164. The van der Waals surface area contributed by atoms with Crippen molar-refractivity contribution in [2.75, 3.05) is 0 Å². The fourth-order valence-electron chi connectivity index (χ4n) is 4.49. The Balaban J connectivity index is 1.72. The normalized spacial score (nSPS) is 12.5. The lowest BCUT2D eigenvalue weighted by atomic mass is 10.0. The Morgan fingerprint density at radius 2 is 1.46 bits per heavy atom. The molecule has 1 aromatic heterocycles. The maximum absolute atomic E-state index is 14.8. The van der Waals surface area contributed by atoms with Crippen molar-refractivity contribution >= 4 is 12.0 Å². The summed E-state index contributed by atoms with van der Waals surface area (Å²) in [7, 11) is 0. The lowest BCUT2D eigenvalue weighted by Gasteiger charge is -2.30. The van der Waals surface area contributed by atoms with E-state index in [1.165, 1.54) is 17.2 Å². The van der Waals surface area contributed by atoms with E-state index in [-0.39, 0.29) is 23.3 Å². The van der Waals surface area contributed by atoms with E-state index in [1.807, 2.05) is 75.4 Å². The van der Waals surface area contributed by atoms with Gasteiger partial charge in [0.25, 0.3) is 5.91 Å². The van der Waals surface area contributed by atoms with Crippen molar-refractivity contribution in [3.05, 3.63) is 143 Å². The van der Waals surface area contributed by atoms with E-state index in [1.54, 1.807) is 24.4 Å². The van der Waals surface area contributed by atoms with Crippen LogP contribution in [0.25, 0.3) is 6.08 Å². The van der Waals surface area contributed by atoms with Crippen LogP contribution < -0.4 is 5.32 Å². The first-order valence-corrected chi connectivity index (χ1v) is 13.3. The third-order valence-corrected chi connectivity index (χ3v) is 6.36. The summed E-state index contributed by atoms with van der Waals surface area (Å²) in [5, 5.41) is 3.03. The number of hydrogen-bond acceptors (Lipinski definition) is 3. The zero-order valence-electron chi connectivity index (χ0n) is 22.8. The number of carbonyl (C=O) groups is 1. The van der Waals surface area contributed by atoms with Gasteiger partial charge >= 0.3 is 0 Å². The van der Waals surface area contributed by atoms with Gasteiger partial charge in [0.2, 0.25) is 0 Å². The van der Waals surface area contributed by atoms with Crippen molar-refractivity contribution < 1.29 is 9.18 Å². The minimum atomic E-state index is -0.372. The number of nitrogens with one attached hydrogen (secondary N) is 1. The molecule has 0 spiro atoms. The van der Waals surface area contributed by atoms with E-state index in [0.29, 0.717) is 36.3 Å². The maximum atomic E-state index is 14.8. The molecule has 4 nitrogen and oxygen atoms in total. The number of halogens is 1. The molecule has 0 radical (unpaired) electrons. The van der Waals surface area contributed by atoms with Crippen LogP contribution in [0.2, 0.25) is 0 Å². The molecule has 39 heavy (non-hydrogen) atoms. The van der Waals surface area contributed by atoms with E-state index in [9.17, 15) is 9.18 Å². The van der Waals surface area contributed by atoms with Gasteiger partial charge in [-0.3, -0.25) is 14.7 Å². The molecule has 1 amide bonds. The average molecular weight is 522 g/mol.